The predicted molar refractivity (Wildman–Crippen MR) is 75.6 cm³/mol. The Kier molecular flexibility index (Phi) is 7.21. The van der Waals surface area contributed by atoms with E-state index in [0.717, 1.165) is 6.42 Å². The van der Waals surface area contributed by atoms with Crippen LogP contribution >= 0.6 is 0 Å². The van der Waals surface area contributed by atoms with Crippen LogP contribution in [0.25, 0.3) is 0 Å². The fraction of sp³-hybridized carbons (Fsp3) is 0.467. The number of benzene rings is 1. The van der Waals surface area contributed by atoms with Crippen LogP contribution in [-0.4, -0.2) is 30.1 Å². The van der Waals surface area contributed by atoms with E-state index in [0.29, 0.717) is 18.7 Å². The topological polar surface area (TPSA) is 75.6 Å². The van der Waals surface area contributed by atoms with Crippen molar-refractivity contribution >= 4 is 11.9 Å². The van der Waals surface area contributed by atoms with E-state index < -0.39 is 5.97 Å². The monoisotopic (exact) mass is 297 g/mol. The Hall–Kier alpha value is -2.11. The summed E-state index contributed by atoms with van der Waals surface area (Å²) in [4.78, 5) is 21.9. The Morgan fingerprint density at radius 2 is 1.95 bits per heavy atom. The van der Waals surface area contributed by atoms with Gasteiger partial charge in [-0.25, -0.2) is 4.39 Å². The molecule has 0 aliphatic rings. The van der Waals surface area contributed by atoms with Gasteiger partial charge in [-0.15, -0.1) is 0 Å². The molecule has 1 aromatic carbocycles. The van der Waals surface area contributed by atoms with Crippen LogP contribution in [0.2, 0.25) is 0 Å². The second kappa shape index (κ2) is 8.94. The zero-order chi connectivity index (χ0) is 15.7. The third-order valence-corrected chi connectivity index (χ3v) is 2.99. The van der Waals surface area contributed by atoms with Crippen LogP contribution in [0.15, 0.2) is 24.3 Å². The minimum Gasteiger partial charge on any atom is -0.484 e. The third kappa shape index (κ3) is 7.91. The maximum atomic E-state index is 12.7. The number of amides is 1. The van der Waals surface area contributed by atoms with Gasteiger partial charge in [0.15, 0.2) is 6.61 Å². The van der Waals surface area contributed by atoms with Crippen LogP contribution in [0.4, 0.5) is 4.39 Å². The standard InChI is InChI=1S/C15H20FNO4/c1-11(2-7-15(19)20)8-9-17-14(18)10-21-13-5-3-12(16)4-6-13/h3-6,11H,2,7-10H2,1H3,(H,17,18)(H,19,20). The summed E-state index contributed by atoms with van der Waals surface area (Å²) in [6, 6.07) is 5.43. The van der Waals surface area contributed by atoms with Gasteiger partial charge in [-0.2, -0.15) is 0 Å². The van der Waals surface area contributed by atoms with Crippen molar-refractivity contribution in [2.45, 2.75) is 26.2 Å². The molecule has 5 nitrogen and oxygen atoms in total. The molecular formula is C15H20FNO4. The largest absolute Gasteiger partial charge is 0.484 e. The minimum absolute atomic E-state index is 0.130. The van der Waals surface area contributed by atoms with Crippen LogP contribution in [0.5, 0.6) is 5.75 Å². The van der Waals surface area contributed by atoms with Crippen molar-refractivity contribution in [2.75, 3.05) is 13.2 Å². The van der Waals surface area contributed by atoms with Gasteiger partial charge in [-0.1, -0.05) is 6.92 Å². The minimum atomic E-state index is -0.807. The summed E-state index contributed by atoms with van der Waals surface area (Å²) in [5.74, 6) is -0.758. The molecule has 0 heterocycles. The molecule has 1 aromatic rings. The number of carboxylic acid groups (broad SMARTS) is 1. The SMILES string of the molecule is CC(CCNC(=O)COc1ccc(F)cc1)CCC(=O)O. The summed E-state index contributed by atoms with van der Waals surface area (Å²) in [6.45, 7) is 2.30. The van der Waals surface area contributed by atoms with Gasteiger partial charge in [0.25, 0.3) is 5.91 Å². The van der Waals surface area contributed by atoms with Gasteiger partial charge in [0.05, 0.1) is 0 Å². The lowest BCUT2D eigenvalue weighted by Crippen LogP contribution is -2.30. The molecule has 0 bridgehead atoms. The number of nitrogens with one attached hydrogen (secondary N) is 1. The van der Waals surface area contributed by atoms with Crippen molar-refractivity contribution in [1.82, 2.24) is 5.32 Å². The molecule has 116 valence electrons. The normalized spacial score (nSPS) is 11.7. The Morgan fingerprint density at radius 3 is 2.57 bits per heavy atom. The van der Waals surface area contributed by atoms with Gasteiger partial charge in [0, 0.05) is 13.0 Å². The van der Waals surface area contributed by atoms with Gasteiger partial charge in [-0.3, -0.25) is 9.59 Å². The number of carbonyl (C=O) groups is 2. The highest BCUT2D eigenvalue weighted by Gasteiger charge is 2.07. The summed E-state index contributed by atoms with van der Waals surface area (Å²) < 4.78 is 17.9. The average Bonchev–Trinajstić information content (AvgIpc) is 2.44. The maximum Gasteiger partial charge on any atom is 0.303 e. The van der Waals surface area contributed by atoms with E-state index in [4.69, 9.17) is 9.84 Å². The van der Waals surface area contributed by atoms with E-state index in [2.05, 4.69) is 5.32 Å². The molecule has 0 fully saturated rings. The second-order valence-corrected chi connectivity index (χ2v) is 4.92. The molecule has 1 rings (SSSR count). The molecule has 0 radical (unpaired) electrons. The first-order valence-electron chi connectivity index (χ1n) is 6.84. The molecule has 0 saturated carbocycles. The molecule has 1 unspecified atom stereocenters. The van der Waals surface area contributed by atoms with Crippen LogP contribution in [0.1, 0.15) is 26.2 Å². The Balaban J connectivity index is 2.13. The maximum absolute atomic E-state index is 12.7. The average molecular weight is 297 g/mol. The van der Waals surface area contributed by atoms with E-state index in [9.17, 15) is 14.0 Å². The van der Waals surface area contributed by atoms with Crippen molar-refractivity contribution in [1.29, 1.82) is 0 Å². The molecule has 0 spiro atoms. The van der Waals surface area contributed by atoms with Gasteiger partial charge in [0.1, 0.15) is 11.6 Å². The molecule has 2 N–H and O–H groups in total. The fourth-order valence-electron chi connectivity index (χ4n) is 1.70. The van der Waals surface area contributed by atoms with Gasteiger partial charge < -0.3 is 15.2 Å². The number of halogens is 1. The molecule has 1 amide bonds. The first kappa shape index (κ1) is 16.9. The number of hydrogen-bond acceptors (Lipinski definition) is 3. The van der Waals surface area contributed by atoms with Crippen LogP contribution in [0, 0.1) is 11.7 Å². The van der Waals surface area contributed by atoms with E-state index >= 15 is 0 Å². The summed E-state index contributed by atoms with van der Waals surface area (Å²) >= 11 is 0. The first-order chi connectivity index (χ1) is 9.97. The molecule has 0 saturated heterocycles. The lowest BCUT2D eigenvalue weighted by molar-refractivity contribution is -0.137. The summed E-state index contributed by atoms with van der Waals surface area (Å²) in [5.41, 5.74) is 0. The van der Waals surface area contributed by atoms with E-state index in [1.807, 2.05) is 6.92 Å². The summed E-state index contributed by atoms with van der Waals surface area (Å²) in [6.07, 6.45) is 1.45. The third-order valence-electron chi connectivity index (χ3n) is 2.99. The number of aliphatic carboxylic acids is 1. The molecule has 0 aliphatic carbocycles. The van der Waals surface area contributed by atoms with Crippen molar-refractivity contribution < 1.29 is 23.8 Å². The van der Waals surface area contributed by atoms with Crippen molar-refractivity contribution in [3.05, 3.63) is 30.1 Å². The number of carboxylic acids is 1. The summed E-state index contributed by atoms with van der Waals surface area (Å²) in [5, 5.41) is 11.3. The zero-order valence-corrected chi connectivity index (χ0v) is 12.0. The first-order valence-corrected chi connectivity index (χ1v) is 6.84. The molecule has 0 aliphatic heterocycles. The van der Waals surface area contributed by atoms with Gasteiger partial charge in [-0.05, 0) is 43.0 Å². The van der Waals surface area contributed by atoms with E-state index in [1.165, 1.54) is 24.3 Å². The number of hydrogen-bond donors (Lipinski definition) is 2. The van der Waals surface area contributed by atoms with Crippen molar-refractivity contribution in [3.8, 4) is 5.75 Å². The number of ether oxygens (including phenoxy) is 1. The number of carbonyl (C=O) groups excluding carboxylic acids is 1. The Bertz CT molecular complexity index is 461. The quantitative estimate of drug-likeness (QED) is 0.733. The predicted octanol–water partition coefficient (Wildman–Crippen LogP) is 2.21. The second-order valence-electron chi connectivity index (χ2n) is 4.92. The van der Waals surface area contributed by atoms with Crippen LogP contribution < -0.4 is 10.1 Å². The molecule has 21 heavy (non-hydrogen) atoms. The summed E-state index contributed by atoms with van der Waals surface area (Å²) in [7, 11) is 0. The van der Waals surface area contributed by atoms with E-state index in [1.54, 1.807) is 0 Å². The van der Waals surface area contributed by atoms with Gasteiger partial charge in [0.2, 0.25) is 0 Å². The molecular weight excluding hydrogens is 277 g/mol. The molecule has 0 aromatic heterocycles. The van der Waals surface area contributed by atoms with Crippen LogP contribution in [-0.2, 0) is 9.59 Å². The highest BCUT2D eigenvalue weighted by molar-refractivity contribution is 5.77. The smallest absolute Gasteiger partial charge is 0.303 e. The zero-order valence-electron chi connectivity index (χ0n) is 12.0. The Labute approximate surface area is 123 Å². The van der Waals surface area contributed by atoms with Crippen molar-refractivity contribution in [3.63, 3.8) is 0 Å². The number of rotatable bonds is 9. The van der Waals surface area contributed by atoms with Crippen LogP contribution in [0.3, 0.4) is 0 Å². The van der Waals surface area contributed by atoms with Gasteiger partial charge >= 0.3 is 5.97 Å². The molecule has 6 heteroatoms. The lowest BCUT2D eigenvalue weighted by atomic mass is 10.0. The highest BCUT2D eigenvalue weighted by atomic mass is 19.1. The van der Waals surface area contributed by atoms with E-state index in [-0.39, 0.29) is 30.7 Å². The Morgan fingerprint density at radius 1 is 1.29 bits per heavy atom. The lowest BCUT2D eigenvalue weighted by Gasteiger charge is -2.11. The fourth-order valence-corrected chi connectivity index (χ4v) is 1.70. The van der Waals surface area contributed by atoms with Crippen molar-refractivity contribution in [2.24, 2.45) is 5.92 Å². The highest BCUT2D eigenvalue weighted by Crippen LogP contribution is 2.11. The molecule has 1 atom stereocenters.